The molecule has 0 aliphatic carbocycles. The molecule has 0 fully saturated rings. The molecule has 0 aromatic carbocycles. The van der Waals surface area contributed by atoms with Crippen molar-refractivity contribution in [3.8, 4) is 0 Å². The monoisotopic (exact) mass is 282 g/mol. The van der Waals surface area contributed by atoms with Crippen molar-refractivity contribution in [2.24, 2.45) is 0 Å². The van der Waals surface area contributed by atoms with Gasteiger partial charge in [-0.05, 0) is 60.1 Å². The number of aryl methyl sites for hydroxylation is 1. The number of hydrogen-bond acceptors (Lipinski definition) is 3. The van der Waals surface area contributed by atoms with Crippen LogP contribution in [0.4, 0.5) is 15.0 Å². The quantitative estimate of drug-likeness (QED) is 0.779. The van der Waals surface area contributed by atoms with Gasteiger partial charge in [0.2, 0.25) is 0 Å². The van der Waals surface area contributed by atoms with E-state index in [0.717, 1.165) is 0 Å². The summed E-state index contributed by atoms with van der Waals surface area (Å²) in [5.74, 6) is -0.514. The fourth-order valence-electron chi connectivity index (χ4n) is 1.67. The third-order valence-electron chi connectivity index (χ3n) is 2.52. The summed E-state index contributed by atoms with van der Waals surface area (Å²) in [5, 5.41) is 0. The normalized spacial score (nSPS) is 12.2. The third kappa shape index (κ3) is 3.92. The zero-order valence-electron chi connectivity index (χ0n) is 13.2. The van der Waals surface area contributed by atoms with Crippen molar-refractivity contribution >= 4 is 11.9 Å². The Balaban J connectivity index is 3.28. The van der Waals surface area contributed by atoms with Crippen LogP contribution in [0.1, 0.15) is 47.1 Å². The second-order valence-electron chi connectivity index (χ2n) is 6.75. The van der Waals surface area contributed by atoms with E-state index in [1.54, 1.807) is 54.5 Å². The number of anilines is 1. The highest BCUT2D eigenvalue weighted by Gasteiger charge is 2.35. The number of nitrogens with zero attached hydrogens (tertiary/aromatic N) is 2. The van der Waals surface area contributed by atoms with Crippen molar-refractivity contribution in [2.45, 2.75) is 59.6 Å². The van der Waals surface area contributed by atoms with Gasteiger partial charge in [-0.2, -0.15) is 0 Å². The smallest absolute Gasteiger partial charge is 0.416 e. The lowest BCUT2D eigenvalue weighted by atomic mass is 10.1. The Morgan fingerprint density at radius 3 is 2.25 bits per heavy atom. The summed E-state index contributed by atoms with van der Waals surface area (Å²) in [4.78, 5) is 17.6. The SMILES string of the molecule is Cc1ccnc(N(C(=O)OC(C)(C)C)C(C)(C)C)c1F. The van der Waals surface area contributed by atoms with E-state index in [1.807, 2.05) is 0 Å². The second-order valence-corrected chi connectivity index (χ2v) is 6.75. The Morgan fingerprint density at radius 2 is 1.80 bits per heavy atom. The third-order valence-corrected chi connectivity index (χ3v) is 2.52. The van der Waals surface area contributed by atoms with Crippen LogP contribution in [0.5, 0.6) is 0 Å². The number of rotatable bonds is 1. The van der Waals surface area contributed by atoms with Gasteiger partial charge in [0, 0.05) is 11.7 Å². The van der Waals surface area contributed by atoms with Crippen molar-refractivity contribution in [3.05, 3.63) is 23.6 Å². The molecule has 0 N–H and O–H groups in total. The number of halogens is 1. The maximum atomic E-state index is 14.3. The Hall–Kier alpha value is -1.65. The summed E-state index contributed by atoms with van der Waals surface area (Å²) in [6.45, 7) is 12.4. The lowest BCUT2D eigenvalue weighted by molar-refractivity contribution is 0.0547. The van der Waals surface area contributed by atoms with E-state index in [-0.39, 0.29) is 5.82 Å². The summed E-state index contributed by atoms with van der Waals surface area (Å²) in [5.41, 5.74) is -0.863. The minimum Gasteiger partial charge on any atom is -0.443 e. The van der Waals surface area contributed by atoms with Crippen LogP contribution in [0, 0.1) is 12.7 Å². The fourth-order valence-corrected chi connectivity index (χ4v) is 1.67. The molecule has 5 heteroatoms. The van der Waals surface area contributed by atoms with Gasteiger partial charge in [0.25, 0.3) is 0 Å². The van der Waals surface area contributed by atoms with Crippen LogP contribution >= 0.6 is 0 Å². The Morgan fingerprint density at radius 1 is 1.25 bits per heavy atom. The van der Waals surface area contributed by atoms with E-state index in [2.05, 4.69) is 4.98 Å². The number of carbonyl (C=O) groups excluding carboxylic acids is 1. The molecule has 1 rings (SSSR count). The number of amides is 1. The van der Waals surface area contributed by atoms with E-state index in [1.165, 1.54) is 11.1 Å². The van der Waals surface area contributed by atoms with Gasteiger partial charge in [-0.15, -0.1) is 0 Å². The molecule has 4 nitrogen and oxygen atoms in total. The first-order valence-corrected chi connectivity index (χ1v) is 6.58. The van der Waals surface area contributed by atoms with Crippen LogP contribution in [-0.4, -0.2) is 22.2 Å². The maximum Gasteiger partial charge on any atom is 0.416 e. The van der Waals surface area contributed by atoms with Crippen LogP contribution < -0.4 is 4.90 Å². The molecule has 0 spiro atoms. The van der Waals surface area contributed by atoms with Crippen LogP contribution in [0.2, 0.25) is 0 Å². The summed E-state index contributed by atoms with van der Waals surface area (Å²) in [6.07, 6.45) is 0.874. The summed E-state index contributed by atoms with van der Waals surface area (Å²) < 4.78 is 19.6. The molecule has 20 heavy (non-hydrogen) atoms. The highest BCUT2D eigenvalue weighted by atomic mass is 19.1. The van der Waals surface area contributed by atoms with Crippen LogP contribution in [0.3, 0.4) is 0 Å². The molecule has 0 saturated heterocycles. The van der Waals surface area contributed by atoms with Gasteiger partial charge in [0.15, 0.2) is 11.6 Å². The molecule has 0 aliphatic rings. The molecule has 112 valence electrons. The molecular weight excluding hydrogens is 259 g/mol. The maximum absolute atomic E-state index is 14.3. The first-order chi connectivity index (χ1) is 8.93. The minimum atomic E-state index is -0.652. The van der Waals surface area contributed by atoms with Crippen molar-refractivity contribution in [1.82, 2.24) is 4.98 Å². The predicted octanol–water partition coefficient (Wildman–Crippen LogP) is 4.07. The molecule has 0 unspecified atom stereocenters. The highest BCUT2D eigenvalue weighted by molar-refractivity contribution is 5.88. The van der Waals surface area contributed by atoms with Gasteiger partial charge in [0.05, 0.1) is 0 Å². The zero-order valence-corrected chi connectivity index (χ0v) is 13.2. The molecule has 0 radical (unpaired) electrons. The van der Waals surface area contributed by atoms with E-state index in [4.69, 9.17) is 4.74 Å². The number of aromatic nitrogens is 1. The molecule has 0 saturated carbocycles. The van der Waals surface area contributed by atoms with E-state index in [0.29, 0.717) is 5.56 Å². The van der Waals surface area contributed by atoms with Gasteiger partial charge < -0.3 is 4.74 Å². The van der Waals surface area contributed by atoms with Crippen molar-refractivity contribution in [3.63, 3.8) is 0 Å². The molecule has 1 aromatic heterocycles. The lowest BCUT2D eigenvalue weighted by Crippen LogP contribution is -2.49. The molecule has 0 atom stereocenters. The molecule has 0 bridgehead atoms. The average Bonchev–Trinajstić information content (AvgIpc) is 2.20. The molecular formula is C15H23FN2O2. The first kappa shape index (κ1) is 16.4. The Bertz CT molecular complexity index is 502. The molecule has 1 heterocycles. The van der Waals surface area contributed by atoms with E-state index >= 15 is 0 Å². The van der Waals surface area contributed by atoms with Crippen LogP contribution in [0.25, 0.3) is 0 Å². The van der Waals surface area contributed by atoms with Gasteiger partial charge in [0.1, 0.15) is 5.60 Å². The van der Waals surface area contributed by atoms with Crippen molar-refractivity contribution < 1.29 is 13.9 Å². The molecule has 1 amide bonds. The van der Waals surface area contributed by atoms with Crippen molar-refractivity contribution in [1.29, 1.82) is 0 Å². The van der Waals surface area contributed by atoms with Crippen LogP contribution in [-0.2, 0) is 4.74 Å². The van der Waals surface area contributed by atoms with Gasteiger partial charge in [-0.25, -0.2) is 14.2 Å². The largest absolute Gasteiger partial charge is 0.443 e. The van der Waals surface area contributed by atoms with Crippen molar-refractivity contribution in [2.75, 3.05) is 4.90 Å². The average molecular weight is 282 g/mol. The molecule has 1 aromatic rings. The second kappa shape index (κ2) is 5.38. The van der Waals surface area contributed by atoms with Gasteiger partial charge in [-0.3, -0.25) is 4.90 Å². The minimum absolute atomic E-state index is 0.00764. The Labute approximate surface area is 120 Å². The number of ether oxygens (including phenoxy) is 1. The lowest BCUT2D eigenvalue weighted by Gasteiger charge is -2.36. The van der Waals surface area contributed by atoms with E-state index < -0.39 is 23.1 Å². The standard InChI is InChI=1S/C15H23FN2O2/c1-10-8-9-17-12(11(10)16)18(14(2,3)4)13(19)20-15(5,6)7/h8-9H,1-7H3. The Kier molecular flexibility index (Phi) is 4.42. The fraction of sp³-hybridized carbons (Fsp3) is 0.600. The highest BCUT2D eigenvalue weighted by Crippen LogP contribution is 2.28. The summed E-state index contributed by atoms with van der Waals surface area (Å²) in [7, 11) is 0. The zero-order chi connectivity index (χ0) is 15.7. The van der Waals surface area contributed by atoms with Gasteiger partial charge >= 0.3 is 6.09 Å². The topological polar surface area (TPSA) is 42.4 Å². The molecule has 0 aliphatic heterocycles. The number of pyridine rings is 1. The predicted molar refractivity (Wildman–Crippen MR) is 77.4 cm³/mol. The number of hydrogen-bond donors (Lipinski definition) is 0. The summed E-state index contributed by atoms with van der Waals surface area (Å²) >= 11 is 0. The summed E-state index contributed by atoms with van der Waals surface area (Å²) in [6, 6.07) is 1.56. The number of carbonyl (C=O) groups is 1. The first-order valence-electron chi connectivity index (χ1n) is 6.58. The van der Waals surface area contributed by atoms with Gasteiger partial charge in [-0.1, -0.05) is 0 Å². The van der Waals surface area contributed by atoms with E-state index in [9.17, 15) is 9.18 Å². The van der Waals surface area contributed by atoms with Crippen LogP contribution in [0.15, 0.2) is 12.3 Å².